The van der Waals surface area contributed by atoms with Crippen LogP contribution in [0.2, 0.25) is 0 Å². The van der Waals surface area contributed by atoms with E-state index in [4.69, 9.17) is 0 Å². The summed E-state index contributed by atoms with van der Waals surface area (Å²) in [6, 6.07) is 10.1. The van der Waals surface area contributed by atoms with Crippen LogP contribution < -0.4 is 5.32 Å². The standard InChI is InChI=1S/C12H15N2O/c15-12-6-7-13-8-9-14(12)10-11-4-2-1-3-5-11/h1-5H,6-10H2. The van der Waals surface area contributed by atoms with Gasteiger partial charge in [0.25, 0.3) is 0 Å². The van der Waals surface area contributed by atoms with Crippen LogP contribution in [0.3, 0.4) is 0 Å². The van der Waals surface area contributed by atoms with Crippen LogP contribution in [0.1, 0.15) is 12.0 Å². The van der Waals surface area contributed by atoms with Crippen LogP contribution in [-0.4, -0.2) is 30.4 Å². The van der Waals surface area contributed by atoms with Crippen LogP contribution in [-0.2, 0) is 11.3 Å². The maximum Gasteiger partial charge on any atom is 0.224 e. The second-order valence-electron chi connectivity index (χ2n) is 3.72. The lowest BCUT2D eigenvalue weighted by molar-refractivity contribution is -0.130. The van der Waals surface area contributed by atoms with Gasteiger partial charge >= 0.3 is 0 Å². The van der Waals surface area contributed by atoms with Crippen LogP contribution in [0, 0.1) is 0 Å². The van der Waals surface area contributed by atoms with Crippen molar-refractivity contribution in [3.63, 3.8) is 0 Å². The van der Waals surface area contributed by atoms with E-state index in [-0.39, 0.29) is 5.91 Å². The van der Waals surface area contributed by atoms with Gasteiger partial charge in [-0.2, -0.15) is 0 Å². The van der Waals surface area contributed by atoms with Gasteiger partial charge in [-0.05, 0) is 5.56 Å². The van der Waals surface area contributed by atoms with E-state index in [0.717, 1.165) is 19.6 Å². The molecule has 1 amide bonds. The Labute approximate surface area is 90.1 Å². The molecule has 1 saturated heterocycles. The van der Waals surface area contributed by atoms with Crippen LogP contribution in [0.15, 0.2) is 30.3 Å². The molecule has 1 heterocycles. The Bertz CT molecular complexity index is 324. The molecule has 0 aromatic heterocycles. The highest BCUT2D eigenvalue weighted by Gasteiger charge is 2.16. The summed E-state index contributed by atoms with van der Waals surface area (Å²) in [5, 5.41) is 4.25. The van der Waals surface area contributed by atoms with Gasteiger partial charge in [-0.1, -0.05) is 30.3 Å². The van der Waals surface area contributed by atoms with Crippen LogP contribution in [0.25, 0.3) is 0 Å². The van der Waals surface area contributed by atoms with Crippen molar-refractivity contribution in [1.82, 2.24) is 10.2 Å². The van der Waals surface area contributed by atoms with Crippen molar-refractivity contribution in [1.29, 1.82) is 0 Å². The van der Waals surface area contributed by atoms with Gasteiger partial charge in [-0.15, -0.1) is 0 Å². The summed E-state index contributed by atoms with van der Waals surface area (Å²) in [4.78, 5) is 13.6. The number of hydrogen-bond donors (Lipinski definition) is 0. The minimum absolute atomic E-state index is 0.222. The number of hydrogen-bond acceptors (Lipinski definition) is 1. The first kappa shape index (κ1) is 10.2. The van der Waals surface area contributed by atoms with E-state index in [1.807, 2.05) is 23.1 Å². The lowest BCUT2D eigenvalue weighted by atomic mass is 10.2. The van der Waals surface area contributed by atoms with Crippen molar-refractivity contribution in [2.75, 3.05) is 19.6 Å². The fraction of sp³-hybridized carbons (Fsp3) is 0.417. The Morgan fingerprint density at radius 3 is 2.80 bits per heavy atom. The summed E-state index contributed by atoms with van der Waals surface area (Å²) in [5.74, 6) is 0.222. The van der Waals surface area contributed by atoms with Gasteiger partial charge in [-0.25, -0.2) is 5.32 Å². The Morgan fingerprint density at radius 2 is 2.00 bits per heavy atom. The van der Waals surface area contributed by atoms with E-state index in [1.165, 1.54) is 5.56 Å². The summed E-state index contributed by atoms with van der Waals surface area (Å²) >= 11 is 0. The van der Waals surface area contributed by atoms with Crippen molar-refractivity contribution < 1.29 is 4.79 Å². The van der Waals surface area contributed by atoms with Gasteiger partial charge in [0, 0.05) is 32.6 Å². The molecule has 79 valence electrons. The molecule has 15 heavy (non-hydrogen) atoms. The third kappa shape index (κ3) is 2.80. The smallest absolute Gasteiger partial charge is 0.224 e. The Kier molecular flexibility index (Phi) is 3.35. The number of benzene rings is 1. The van der Waals surface area contributed by atoms with Gasteiger partial charge in [-0.3, -0.25) is 4.79 Å². The van der Waals surface area contributed by atoms with E-state index in [1.54, 1.807) is 0 Å². The highest BCUT2D eigenvalue weighted by atomic mass is 16.2. The molecule has 0 spiro atoms. The Hall–Kier alpha value is -1.35. The van der Waals surface area contributed by atoms with Gasteiger partial charge in [0.2, 0.25) is 5.91 Å². The average Bonchev–Trinajstić information content (AvgIpc) is 2.46. The molecular formula is C12H15N2O. The molecule has 0 bridgehead atoms. The number of carbonyl (C=O) groups is 1. The van der Waals surface area contributed by atoms with Gasteiger partial charge in [0.15, 0.2) is 0 Å². The average molecular weight is 203 g/mol. The molecule has 1 aromatic carbocycles. The molecule has 1 radical (unpaired) electrons. The Morgan fingerprint density at radius 1 is 1.20 bits per heavy atom. The summed E-state index contributed by atoms with van der Waals surface area (Å²) in [5.41, 5.74) is 1.19. The largest absolute Gasteiger partial charge is 0.337 e. The van der Waals surface area contributed by atoms with Crippen molar-refractivity contribution in [2.45, 2.75) is 13.0 Å². The quantitative estimate of drug-likeness (QED) is 0.706. The van der Waals surface area contributed by atoms with Crippen molar-refractivity contribution in [3.8, 4) is 0 Å². The number of amides is 1. The lowest BCUT2D eigenvalue weighted by Gasteiger charge is -2.19. The number of nitrogens with zero attached hydrogens (tertiary/aromatic N) is 2. The second-order valence-corrected chi connectivity index (χ2v) is 3.72. The first-order valence-electron chi connectivity index (χ1n) is 5.31. The van der Waals surface area contributed by atoms with E-state index < -0.39 is 0 Å². The zero-order chi connectivity index (χ0) is 10.5. The normalized spacial score (nSPS) is 17.6. The second kappa shape index (κ2) is 4.94. The predicted octanol–water partition coefficient (Wildman–Crippen LogP) is 1.02. The molecule has 0 unspecified atom stereocenters. The van der Waals surface area contributed by atoms with Crippen molar-refractivity contribution >= 4 is 5.91 Å². The molecule has 3 nitrogen and oxygen atoms in total. The maximum atomic E-state index is 11.7. The third-order valence-corrected chi connectivity index (χ3v) is 2.58. The molecule has 0 atom stereocenters. The fourth-order valence-electron chi connectivity index (χ4n) is 1.73. The summed E-state index contributed by atoms with van der Waals surface area (Å²) in [6.07, 6.45) is 0.562. The third-order valence-electron chi connectivity index (χ3n) is 2.58. The molecule has 1 fully saturated rings. The number of rotatable bonds is 2. The summed E-state index contributed by atoms with van der Waals surface area (Å²) in [7, 11) is 0. The molecule has 1 aliphatic heterocycles. The van der Waals surface area contributed by atoms with E-state index in [9.17, 15) is 4.79 Å². The molecule has 3 heteroatoms. The maximum absolute atomic E-state index is 11.7. The fourth-order valence-corrected chi connectivity index (χ4v) is 1.73. The lowest BCUT2D eigenvalue weighted by Crippen LogP contribution is -2.31. The van der Waals surface area contributed by atoms with E-state index in [2.05, 4.69) is 17.4 Å². The highest BCUT2D eigenvalue weighted by molar-refractivity contribution is 5.76. The Balaban J connectivity index is 2.01. The SMILES string of the molecule is O=C1CC[N]CCN1Cc1ccccc1. The molecule has 2 rings (SSSR count). The number of carbonyl (C=O) groups excluding carboxylic acids is 1. The minimum atomic E-state index is 0.222. The van der Waals surface area contributed by atoms with Gasteiger partial charge in [0.05, 0.1) is 0 Å². The zero-order valence-corrected chi connectivity index (χ0v) is 8.72. The summed E-state index contributed by atoms with van der Waals surface area (Å²) in [6.45, 7) is 2.94. The van der Waals surface area contributed by atoms with E-state index >= 15 is 0 Å². The first-order chi connectivity index (χ1) is 7.36. The molecular weight excluding hydrogens is 188 g/mol. The van der Waals surface area contributed by atoms with Crippen molar-refractivity contribution in [2.24, 2.45) is 0 Å². The molecule has 0 N–H and O–H groups in total. The van der Waals surface area contributed by atoms with E-state index in [0.29, 0.717) is 13.0 Å². The molecule has 0 aliphatic carbocycles. The van der Waals surface area contributed by atoms with Crippen molar-refractivity contribution in [3.05, 3.63) is 35.9 Å². The van der Waals surface area contributed by atoms with Gasteiger partial charge < -0.3 is 4.90 Å². The zero-order valence-electron chi connectivity index (χ0n) is 8.72. The van der Waals surface area contributed by atoms with Crippen LogP contribution >= 0.6 is 0 Å². The van der Waals surface area contributed by atoms with Crippen LogP contribution in [0.4, 0.5) is 0 Å². The minimum Gasteiger partial charge on any atom is -0.337 e. The molecule has 1 aliphatic rings. The molecule has 0 saturated carbocycles. The topological polar surface area (TPSA) is 34.4 Å². The van der Waals surface area contributed by atoms with Crippen LogP contribution in [0.5, 0.6) is 0 Å². The van der Waals surface area contributed by atoms with Gasteiger partial charge in [0.1, 0.15) is 0 Å². The molecule has 1 aromatic rings. The monoisotopic (exact) mass is 203 g/mol. The first-order valence-corrected chi connectivity index (χ1v) is 5.31. The summed E-state index contributed by atoms with van der Waals surface area (Å²) < 4.78 is 0. The highest BCUT2D eigenvalue weighted by Crippen LogP contribution is 2.07. The predicted molar refractivity (Wildman–Crippen MR) is 58.3 cm³/mol.